The first kappa shape index (κ1) is 14.3. The monoisotopic (exact) mass is 234 g/mol. The Bertz CT molecular complexity index is 206. The normalized spacial score (nSPS) is 12.1. The molecule has 15 heavy (non-hydrogen) atoms. The standard InChI is InChI=1S/C10H18O4S/c1-3-5-6-15-7-8(10(12)13)14-9(11)4-2/h8H,3-7H2,1-2H3,(H,12,13). The van der Waals surface area contributed by atoms with E-state index in [4.69, 9.17) is 9.84 Å². The van der Waals surface area contributed by atoms with Gasteiger partial charge in [0.15, 0.2) is 0 Å². The minimum Gasteiger partial charge on any atom is -0.478 e. The quantitative estimate of drug-likeness (QED) is 0.513. The molecule has 5 heteroatoms. The van der Waals surface area contributed by atoms with E-state index in [1.54, 1.807) is 6.92 Å². The molecule has 0 rings (SSSR count). The lowest BCUT2D eigenvalue weighted by Crippen LogP contribution is -2.29. The van der Waals surface area contributed by atoms with Crippen LogP contribution in [0.2, 0.25) is 0 Å². The van der Waals surface area contributed by atoms with E-state index >= 15 is 0 Å². The number of rotatable bonds is 8. The summed E-state index contributed by atoms with van der Waals surface area (Å²) in [6, 6.07) is 0. The Hall–Kier alpha value is -0.710. The van der Waals surface area contributed by atoms with Gasteiger partial charge in [-0.1, -0.05) is 20.3 Å². The van der Waals surface area contributed by atoms with Crippen molar-refractivity contribution in [2.24, 2.45) is 0 Å². The maximum Gasteiger partial charge on any atom is 0.345 e. The van der Waals surface area contributed by atoms with Gasteiger partial charge in [0.1, 0.15) is 0 Å². The van der Waals surface area contributed by atoms with Crippen molar-refractivity contribution >= 4 is 23.7 Å². The second-order valence-corrected chi connectivity index (χ2v) is 4.25. The fraction of sp³-hybridized carbons (Fsp3) is 0.800. The van der Waals surface area contributed by atoms with Crippen molar-refractivity contribution in [2.45, 2.75) is 39.2 Å². The zero-order valence-electron chi connectivity index (χ0n) is 9.19. The Balaban J connectivity index is 3.84. The van der Waals surface area contributed by atoms with Crippen LogP contribution in [0.3, 0.4) is 0 Å². The first-order valence-electron chi connectivity index (χ1n) is 5.11. The molecule has 0 bridgehead atoms. The molecule has 1 unspecified atom stereocenters. The molecule has 0 aliphatic carbocycles. The molecular weight excluding hydrogens is 216 g/mol. The number of aliphatic carboxylic acids is 1. The van der Waals surface area contributed by atoms with Crippen LogP contribution in [0.1, 0.15) is 33.1 Å². The Morgan fingerprint density at radius 2 is 2.07 bits per heavy atom. The van der Waals surface area contributed by atoms with Crippen molar-refractivity contribution in [3.63, 3.8) is 0 Å². The zero-order valence-corrected chi connectivity index (χ0v) is 10.0. The minimum absolute atomic E-state index is 0.212. The molecule has 0 aromatic rings. The number of unbranched alkanes of at least 4 members (excludes halogenated alkanes) is 1. The molecule has 0 radical (unpaired) electrons. The van der Waals surface area contributed by atoms with Gasteiger partial charge in [0.25, 0.3) is 0 Å². The Morgan fingerprint density at radius 1 is 1.40 bits per heavy atom. The van der Waals surface area contributed by atoms with Crippen LogP contribution in [0.15, 0.2) is 0 Å². The van der Waals surface area contributed by atoms with Gasteiger partial charge in [-0.15, -0.1) is 0 Å². The fourth-order valence-corrected chi connectivity index (χ4v) is 1.92. The lowest BCUT2D eigenvalue weighted by Gasteiger charge is -2.12. The number of carboxylic acids is 1. The van der Waals surface area contributed by atoms with Gasteiger partial charge >= 0.3 is 11.9 Å². The molecule has 0 saturated carbocycles. The maximum atomic E-state index is 10.9. The molecule has 4 nitrogen and oxygen atoms in total. The molecule has 1 N–H and O–H groups in total. The van der Waals surface area contributed by atoms with Gasteiger partial charge in [0.05, 0.1) is 0 Å². The third-order valence-corrected chi connectivity index (χ3v) is 2.87. The molecule has 0 aromatic heterocycles. The fourth-order valence-electron chi connectivity index (χ4n) is 0.834. The first-order valence-corrected chi connectivity index (χ1v) is 6.27. The van der Waals surface area contributed by atoms with E-state index in [-0.39, 0.29) is 6.42 Å². The molecule has 88 valence electrons. The number of carbonyl (C=O) groups excluding carboxylic acids is 1. The predicted octanol–water partition coefficient (Wildman–Crippen LogP) is 1.93. The number of carbonyl (C=O) groups is 2. The Kier molecular flexibility index (Phi) is 8.18. The van der Waals surface area contributed by atoms with E-state index in [1.807, 2.05) is 0 Å². The van der Waals surface area contributed by atoms with Crippen molar-refractivity contribution in [2.75, 3.05) is 11.5 Å². The van der Waals surface area contributed by atoms with Crippen molar-refractivity contribution in [3.8, 4) is 0 Å². The van der Waals surface area contributed by atoms with Gasteiger partial charge in [0.2, 0.25) is 6.10 Å². The van der Waals surface area contributed by atoms with E-state index in [2.05, 4.69) is 6.92 Å². The summed E-state index contributed by atoms with van der Waals surface area (Å²) in [6.07, 6.45) is 1.35. The summed E-state index contributed by atoms with van der Waals surface area (Å²) in [5.74, 6) is -0.287. The summed E-state index contributed by atoms with van der Waals surface area (Å²) in [5, 5.41) is 8.78. The smallest absolute Gasteiger partial charge is 0.345 e. The summed E-state index contributed by atoms with van der Waals surface area (Å²) in [4.78, 5) is 21.6. The highest BCUT2D eigenvalue weighted by Crippen LogP contribution is 2.09. The number of carboxylic acid groups (broad SMARTS) is 1. The van der Waals surface area contributed by atoms with Gasteiger partial charge in [-0.3, -0.25) is 4.79 Å². The Labute approximate surface area is 94.4 Å². The molecule has 1 atom stereocenters. The zero-order chi connectivity index (χ0) is 11.7. The lowest BCUT2D eigenvalue weighted by atomic mass is 10.4. The van der Waals surface area contributed by atoms with Gasteiger partial charge in [-0.2, -0.15) is 11.8 Å². The highest BCUT2D eigenvalue weighted by molar-refractivity contribution is 7.99. The first-order chi connectivity index (χ1) is 7.11. The number of hydrogen-bond acceptors (Lipinski definition) is 4. The molecular formula is C10H18O4S. The molecule has 0 fully saturated rings. The van der Waals surface area contributed by atoms with Crippen molar-refractivity contribution in [1.82, 2.24) is 0 Å². The summed E-state index contributed by atoms with van der Waals surface area (Å²) in [7, 11) is 0. The highest BCUT2D eigenvalue weighted by Gasteiger charge is 2.20. The van der Waals surface area contributed by atoms with Gasteiger partial charge in [-0.05, 0) is 12.2 Å². The summed E-state index contributed by atoms with van der Waals surface area (Å²) < 4.78 is 4.78. The molecule has 0 spiro atoms. The minimum atomic E-state index is -1.07. The molecule has 0 aromatic carbocycles. The topological polar surface area (TPSA) is 63.6 Å². The van der Waals surface area contributed by atoms with Crippen LogP contribution in [0.25, 0.3) is 0 Å². The third kappa shape index (κ3) is 7.25. The largest absolute Gasteiger partial charge is 0.478 e. The lowest BCUT2D eigenvalue weighted by molar-refractivity contribution is -0.162. The number of thioether (sulfide) groups is 1. The summed E-state index contributed by atoms with van der Waals surface area (Å²) in [6.45, 7) is 3.72. The maximum absolute atomic E-state index is 10.9. The second-order valence-electron chi connectivity index (χ2n) is 3.10. The van der Waals surface area contributed by atoms with Crippen LogP contribution in [-0.4, -0.2) is 34.7 Å². The van der Waals surface area contributed by atoms with Crippen molar-refractivity contribution in [1.29, 1.82) is 0 Å². The second kappa shape index (κ2) is 8.59. The number of hydrogen-bond donors (Lipinski definition) is 1. The molecule has 0 heterocycles. The van der Waals surface area contributed by atoms with Gasteiger partial charge < -0.3 is 9.84 Å². The van der Waals surface area contributed by atoms with Crippen molar-refractivity contribution in [3.05, 3.63) is 0 Å². The van der Waals surface area contributed by atoms with Gasteiger partial charge in [-0.25, -0.2) is 4.79 Å². The number of ether oxygens (including phenoxy) is 1. The molecule has 0 aliphatic heterocycles. The van der Waals surface area contributed by atoms with Crippen molar-refractivity contribution < 1.29 is 19.4 Å². The summed E-state index contributed by atoms with van der Waals surface area (Å²) in [5.41, 5.74) is 0. The van der Waals surface area contributed by atoms with Crippen LogP contribution >= 0.6 is 11.8 Å². The highest BCUT2D eigenvalue weighted by atomic mass is 32.2. The van der Waals surface area contributed by atoms with Crippen LogP contribution in [0.4, 0.5) is 0 Å². The average molecular weight is 234 g/mol. The van der Waals surface area contributed by atoms with E-state index in [1.165, 1.54) is 11.8 Å². The molecule has 0 amide bonds. The van der Waals surface area contributed by atoms with E-state index in [0.717, 1.165) is 18.6 Å². The predicted molar refractivity (Wildman–Crippen MR) is 60.0 cm³/mol. The van der Waals surface area contributed by atoms with Crippen LogP contribution in [-0.2, 0) is 14.3 Å². The van der Waals surface area contributed by atoms with Crippen LogP contribution in [0.5, 0.6) is 0 Å². The van der Waals surface area contributed by atoms with E-state index < -0.39 is 18.0 Å². The van der Waals surface area contributed by atoms with E-state index in [9.17, 15) is 9.59 Å². The Morgan fingerprint density at radius 3 is 2.53 bits per heavy atom. The SMILES string of the molecule is CCCCSCC(OC(=O)CC)C(=O)O. The van der Waals surface area contributed by atoms with Crippen LogP contribution in [0, 0.1) is 0 Å². The average Bonchev–Trinajstić information content (AvgIpc) is 2.21. The van der Waals surface area contributed by atoms with Crippen LogP contribution < -0.4 is 0 Å². The van der Waals surface area contributed by atoms with E-state index in [0.29, 0.717) is 5.75 Å². The molecule has 0 saturated heterocycles. The third-order valence-electron chi connectivity index (χ3n) is 1.75. The summed E-state index contributed by atoms with van der Waals surface area (Å²) >= 11 is 1.51. The van der Waals surface area contributed by atoms with Gasteiger partial charge in [0, 0.05) is 12.2 Å². The molecule has 0 aliphatic rings. The number of esters is 1.